The van der Waals surface area contributed by atoms with Gasteiger partial charge in [-0.3, -0.25) is 10.1 Å². The zero-order chi connectivity index (χ0) is 17.1. The molecule has 1 unspecified atom stereocenters. The summed E-state index contributed by atoms with van der Waals surface area (Å²) in [5.41, 5.74) is 2.06. The van der Waals surface area contributed by atoms with Gasteiger partial charge in [0.2, 0.25) is 0 Å². The molecule has 0 bridgehead atoms. The summed E-state index contributed by atoms with van der Waals surface area (Å²) in [6.07, 6.45) is 2.09. The minimum atomic E-state index is -0.427. The number of ether oxygens (including phenoxy) is 1. The highest BCUT2D eigenvalue weighted by Gasteiger charge is 2.28. The molecule has 1 saturated heterocycles. The molecule has 1 atom stereocenters. The van der Waals surface area contributed by atoms with E-state index in [0.29, 0.717) is 11.6 Å². The number of rotatable bonds is 5. The van der Waals surface area contributed by atoms with E-state index in [1.165, 1.54) is 17.7 Å². The lowest BCUT2D eigenvalue weighted by atomic mass is 10.0. The Kier molecular flexibility index (Phi) is 4.90. The fourth-order valence-electron chi connectivity index (χ4n) is 3.20. The van der Waals surface area contributed by atoms with Gasteiger partial charge in [0.1, 0.15) is 5.75 Å². The van der Waals surface area contributed by atoms with E-state index in [1.807, 2.05) is 19.1 Å². The number of nitrogens with zero attached hydrogens (tertiary/aromatic N) is 2. The Morgan fingerprint density at radius 2 is 2.04 bits per heavy atom. The molecule has 5 nitrogen and oxygen atoms in total. The number of nitro benzene ring substituents is 1. The zero-order valence-corrected chi connectivity index (χ0v) is 14.2. The average molecular weight is 347 g/mol. The molecule has 1 aliphatic heterocycles. The number of non-ortho nitro benzene ring substituents is 1. The maximum atomic E-state index is 10.9. The highest BCUT2D eigenvalue weighted by atomic mass is 35.5. The molecule has 126 valence electrons. The van der Waals surface area contributed by atoms with Gasteiger partial charge in [0.05, 0.1) is 28.3 Å². The Bertz CT molecular complexity index is 734. The Balaban J connectivity index is 1.86. The third kappa shape index (κ3) is 3.31. The molecule has 6 heteroatoms. The van der Waals surface area contributed by atoms with Crippen LogP contribution in [0.2, 0.25) is 5.02 Å². The minimum Gasteiger partial charge on any atom is -0.494 e. The molecular weight excluding hydrogens is 328 g/mol. The summed E-state index contributed by atoms with van der Waals surface area (Å²) in [7, 11) is 0. The van der Waals surface area contributed by atoms with Crippen LogP contribution in [0.5, 0.6) is 5.75 Å². The summed E-state index contributed by atoms with van der Waals surface area (Å²) < 4.78 is 5.49. The molecule has 0 aliphatic carbocycles. The summed E-state index contributed by atoms with van der Waals surface area (Å²) in [6.45, 7) is 3.49. The van der Waals surface area contributed by atoms with Crippen molar-refractivity contribution in [3.05, 3.63) is 63.2 Å². The van der Waals surface area contributed by atoms with Gasteiger partial charge in [0, 0.05) is 18.7 Å². The van der Waals surface area contributed by atoms with Crippen LogP contribution in [0.15, 0.2) is 42.5 Å². The average Bonchev–Trinajstić information content (AvgIpc) is 3.05. The Labute approximate surface area is 146 Å². The van der Waals surface area contributed by atoms with Crippen LogP contribution in [0, 0.1) is 10.1 Å². The molecule has 2 aromatic rings. The topological polar surface area (TPSA) is 55.6 Å². The van der Waals surface area contributed by atoms with E-state index in [9.17, 15) is 10.1 Å². The van der Waals surface area contributed by atoms with Crippen molar-refractivity contribution in [1.29, 1.82) is 0 Å². The van der Waals surface area contributed by atoms with Gasteiger partial charge in [-0.25, -0.2) is 0 Å². The molecule has 0 N–H and O–H groups in total. The first-order valence-electron chi connectivity index (χ1n) is 8.03. The van der Waals surface area contributed by atoms with E-state index in [2.05, 4.69) is 17.0 Å². The summed E-state index contributed by atoms with van der Waals surface area (Å²) in [6, 6.07) is 13.0. The molecule has 0 radical (unpaired) electrons. The number of anilines is 1. The smallest absolute Gasteiger partial charge is 0.271 e. The first kappa shape index (κ1) is 16.6. The van der Waals surface area contributed by atoms with Crippen molar-refractivity contribution in [1.82, 2.24) is 0 Å². The lowest BCUT2D eigenvalue weighted by Crippen LogP contribution is -2.22. The molecule has 0 aromatic heterocycles. The minimum absolute atomic E-state index is 0.0144. The zero-order valence-electron chi connectivity index (χ0n) is 13.4. The van der Waals surface area contributed by atoms with Gasteiger partial charge in [0.15, 0.2) is 0 Å². The van der Waals surface area contributed by atoms with Crippen molar-refractivity contribution in [3.63, 3.8) is 0 Å². The van der Waals surface area contributed by atoms with Crippen molar-refractivity contribution in [2.24, 2.45) is 0 Å². The Hall–Kier alpha value is -2.27. The summed E-state index contributed by atoms with van der Waals surface area (Å²) >= 11 is 6.31. The number of benzene rings is 2. The number of nitro groups is 1. The lowest BCUT2D eigenvalue weighted by Gasteiger charge is -2.28. The predicted molar refractivity (Wildman–Crippen MR) is 95.0 cm³/mol. The SMILES string of the molecule is CCOc1ccc(C2CCCN2c2ccc([N+](=O)[O-])cc2Cl)cc1. The van der Waals surface area contributed by atoms with Crippen molar-refractivity contribution >= 4 is 23.0 Å². The van der Waals surface area contributed by atoms with Gasteiger partial charge >= 0.3 is 0 Å². The van der Waals surface area contributed by atoms with Gasteiger partial charge in [0.25, 0.3) is 5.69 Å². The van der Waals surface area contributed by atoms with E-state index in [0.717, 1.165) is 30.8 Å². The van der Waals surface area contributed by atoms with Crippen LogP contribution in [-0.2, 0) is 0 Å². The maximum Gasteiger partial charge on any atom is 0.271 e. The standard InChI is InChI=1S/C18H19ClN2O3/c1-2-24-15-8-5-13(6-9-15)17-4-3-11-20(17)18-10-7-14(21(22)23)12-16(18)19/h5-10,12,17H,2-4,11H2,1H3. The van der Waals surface area contributed by atoms with Crippen LogP contribution in [0.4, 0.5) is 11.4 Å². The van der Waals surface area contributed by atoms with Crippen molar-refractivity contribution in [2.45, 2.75) is 25.8 Å². The van der Waals surface area contributed by atoms with Gasteiger partial charge in [-0.15, -0.1) is 0 Å². The third-order valence-corrected chi connectivity index (χ3v) is 4.58. The Morgan fingerprint density at radius 1 is 1.29 bits per heavy atom. The monoisotopic (exact) mass is 346 g/mol. The molecule has 0 spiro atoms. The fourth-order valence-corrected chi connectivity index (χ4v) is 3.48. The number of hydrogen-bond acceptors (Lipinski definition) is 4. The summed E-state index contributed by atoms with van der Waals surface area (Å²) in [5.74, 6) is 0.860. The highest BCUT2D eigenvalue weighted by Crippen LogP contribution is 2.40. The van der Waals surface area contributed by atoms with Crippen LogP contribution >= 0.6 is 11.6 Å². The molecule has 0 saturated carbocycles. The number of halogens is 1. The highest BCUT2D eigenvalue weighted by molar-refractivity contribution is 6.33. The normalized spacial score (nSPS) is 17.1. The molecule has 24 heavy (non-hydrogen) atoms. The van der Waals surface area contributed by atoms with Crippen molar-refractivity contribution in [2.75, 3.05) is 18.1 Å². The van der Waals surface area contributed by atoms with Crippen molar-refractivity contribution in [3.8, 4) is 5.75 Å². The second kappa shape index (κ2) is 7.09. The van der Waals surface area contributed by atoms with Gasteiger partial charge in [-0.2, -0.15) is 0 Å². The lowest BCUT2D eigenvalue weighted by molar-refractivity contribution is -0.384. The molecule has 1 heterocycles. The van der Waals surface area contributed by atoms with Crippen LogP contribution in [0.3, 0.4) is 0 Å². The van der Waals surface area contributed by atoms with E-state index < -0.39 is 4.92 Å². The molecule has 1 fully saturated rings. The van der Waals surface area contributed by atoms with Crippen LogP contribution < -0.4 is 9.64 Å². The third-order valence-electron chi connectivity index (χ3n) is 4.28. The summed E-state index contributed by atoms with van der Waals surface area (Å²) in [5, 5.41) is 11.3. The molecule has 1 aliphatic rings. The van der Waals surface area contributed by atoms with Crippen LogP contribution in [-0.4, -0.2) is 18.1 Å². The van der Waals surface area contributed by atoms with E-state index in [4.69, 9.17) is 16.3 Å². The largest absolute Gasteiger partial charge is 0.494 e. The van der Waals surface area contributed by atoms with E-state index in [-0.39, 0.29) is 11.7 Å². The molecular formula is C18H19ClN2O3. The first-order chi connectivity index (χ1) is 11.6. The number of hydrogen-bond donors (Lipinski definition) is 0. The maximum absolute atomic E-state index is 10.9. The van der Waals surface area contributed by atoms with E-state index in [1.54, 1.807) is 6.07 Å². The van der Waals surface area contributed by atoms with Crippen molar-refractivity contribution < 1.29 is 9.66 Å². The Morgan fingerprint density at radius 3 is 2.67 bits per heavy atom. The second-order valence-corrected chi connectivity index (χ2v) is 6.15. The van der Waals surface area contributed by atoms with Gasteiger partial charge < -0.3 is 9.64 Å². The quantitative estimate of drug-likeness (QED) is 0.565. The predicted octanol–water partition coefficient (Wildman–Crippen LogP) is 4.99. The van der Waals surface area contributed by atoms with Gasteiger partial charge in [-0.1, -0.05) is 23.7 Å². The fraction of sp³-hybridized carbons (Fsp3) is 0.333. The second-order valence-electron chi connectivity index (χ2n) is 5.75. The molecule has 3 rings (SSSR count). The molecule has 0 amide bonds. The van der Waals surface area contributed by atoms with Gasteiger partial charge in [-0.05, 0) is 43.5 Å². The molecule has 2 aromatic carbocycles. The van der Waals surface area contributed by atoms with Crippen LogP contribution in [0.25, 0.3) is 0 Å². The summed E-state index contributed by atoms with van der Waals surface area (Å²) in [4.78, 5) is 12.7. The van der Waals surface area contributed by atoms with Crippen LogP contribution in [0.1, 0.15) is 31.4 Å². The first-order valence-corrected chi connectivity index (χ1v) is 8.41. The van der Waals surface area contributed by atoms with E-state index >= 15 is 0 Å².